The Kier molecular flexibility index (Phi) is 2.87. The van der Waals surface area contributed by atoms with Crippen molar-refractivity contribution in [1.29, 1.82) is 0 Å². The van der Waals surface area contributed by atoms with E-state index in [-0.39, 0.29) is 5.41 Å². The molecule has 2 aliphatic rings. The van der Waals surface area contributed by atoms with E-state index in [0.717, 1.165) is 24.7 Å². The lowest BCUT2D eigenvalue weighted by Crippen LogP contribution is -2.41. The van der Waals surface area contributed by atoms with Gasteiger partial charge in [-0.25, -0.2) is 9.98 Å². The van der Waals surface area contributed by atoms with Crippen molar-refractivity contribution in [2.24, 2.45) is 21.3 Å². The molecule has 2 heterocycles. The van der Waals surface area contributed by atoms with E-state index in [9.17, 15) is 0 Å². The normalized spacial score (nSPS) is 29.7. The minimum atomic E-state index is 0.0280. The van der Waals surface area contributed by atoms with Crippen LogP contribution in [0.5, 0.6) is 0 Å². The fraction of sp³-hybridized carbons (Fsp3) is 0.692. The van der Waals surface area contributed by atoms with Gasteiger partial charge in [0.1, 0.15) is 0 Å². The molecule has 88 valence electrons. The van der Waals surface area contributed by atoms with Gasteiger partial charge in [0.15, 0.2) is 0 Å². The number of hydrogen-bond acceptors (Lipinski definition) is 3. The second-order valence-electron chi connectivity index (χ2n) is 5.32. The van der Waals surface area contributed by atoms with Gasteiger partial charge in [0, 0.05) is 30.4 Å². The maximum atomic E-state index is 4.58. The predicted octanol–water partition coefficient (Wildman–Crippen LogP) is 2.70. The van der Waals surface area contributed by atoms with E-state index in [1.165, 1.54) is 6.42 Å². The fourth-order valence-corrected chi connectivity index (χ4v) is 1.89. The van der Waals surface area contributed by atoms with Crippen LogP contribution in [0, 0.1) is 11.3 Å². The van der Waals surface area contributed by atoms with Gasteiger partial charge in [0.05, 0.1) is 0 Å². The van der Waals surface area contributed by atoms with Crippen LogP contribution in [0.25, 0.3) is 0 Å². The topological polar surface area (TPSA) is 28.0 Å². The van der Waals surface area contributed by atoms with Gasteiger partial charge < -0.3 is 4.90 Å². The largest absolute Gasteiger partial charge is 0.341 e. The van der Waals surface area contributed by atoms with Crippen LogP contribution in [0.1, 0.15) is 34.1 Å². The monoisotopic (exact) mass is 219 g/mol. The number of allylic oxidation sites excluding steroid dienone is 2. The van der Waals surface area contributed by atoms with Crippen molar-refractivity contribution < 1.29 is 0 Å². The number of rotatable bonds is 1. The molecule has 0 bridgehead atoms. The summed E-state index contributed by atoms with van der Waals surface area (Å²) >= 11 is 0. The summed E-state index contributed by atoms with van der Waals surface area (Å²) in [5.41, 5.74) is 1.11. The van der Waals surface area contributed by atoms with E-state index in [1.54, 1.807) is 0 Å². The van der Waals surface area contributed by atoms with Crippen LogP contribution in [-0.2, 0) is 0 Å². The molecule has 1 unspecified atom stereocenters. The quantitative estimate of drug-likeness (QED) is 0.666. The lowest BCUT2D eigenvalue weighted by atomic mass is 9.79. The SMILES string of the molecule is CC1=CC(C)(C(C)C)C=NC(N2CCC2)=N1. The van der Waals surface area contributed by atoms with Gasteiger partial charge in [-0.3, -0.25) is 0 Å². The number of hydrogen-bond donors (Lipinski definition) is 0. The van der Waals surface area contributed by atoms with Crippen LogP contribution in [0.15, 0.2) is 21.8 Å². The molecule has 0 N–H and O–H groups in total. The van der Waals surface area contributed by atoms with Gasteiger partial charge in [0.2, 0.25) is 5.96 Å². The predicted molar refractivity (Wildman–Crippen MR) is 68.8 cm³/mol. The lowest BCUT2D eigenvalue weighted by molar-refractivity contribution is 0.297. The first-order chi connectivity index (χ1) is 7.51. The Labute approximate surface area is 98.0 Å². The second-order valence-corrected chi connectivity index (χ2v) is 5.32. The summed E-state index contributed by atoms with van der Waals surface area (Å²) in [7, 11) is 0. The average molecular weight is 219 g/mol. The highest BCUT2D eigenvalue weighted by molar-refractivity contribution is 5.91. The van der Waals surface area contributed by atoms with E-state index < -0.39 is 0 Å². The van der Waals surface area contributed by atoms with E-state index >= 15 is 0 Å². The highest BCUT2D eigenvalue weighted by atomic mass is 15.3. The highest BCUT2D eigenvalue weighted by Gasteiger charge is 2.27. The molecule has 16 heavy (non-hydrogen) atoms. The maximum Gasteiger partial charge on any atom is 0.225 e. The van der Waals surface area contributed by atoms with Gasteiger partial charge in [-0.05, 0) is 19.3 Å². The summed E-state index contributed by atoms with van der Waals surface area (Å²) in [6, 6.07) is 0. The van der Waals surface area contributed by atoms with Gasteiger partial charge in [-0.15, -0.1) is 0 Å². The standard InChI is InChI=1S/C13H21N3/c1-10(2)13(4)8-11(3)15-12(14-9-13)16-6-5-7-16/h8-10H,5-7H2,1-4H3. The molecule has 1 atom stereocenters. The summed E-state index contributed by atoms with van der Waals surface area (Å²) in [5, 5.41) is 0. The first-order valence-electron chi connectivity index (χ1n) is 6.09. The van der Waals surface area contributed by atoms with Crippen molar-refractivity contribution in [3.8, 4) is 0 Å². The van der Waals surface area contributed by atoms with Crippen molar-refractivity contribution in [3.63, 3.8) is 0 Å². The summed E-state index contributed by atoms with van der Waals surface area (Å²) in [5.74, 6) is 1.43. The zero-order chi connectivity index (χ0) is 11.8. The Hall–Kier alpha value is -1.12. The molecule has 0 aromatic heterocycles. The Morgan fingerprint density at radius 1 is 1.38 bits per heavy atom. The van der Waals surface area contributed by atoms with Gasteiger partial charge >= 0.3 is 0 Å². The third kappa shape index (κ3) is 2.04. The Morgan fingerprint density at radius 2 is 2.06 bits per heavy atom. The van der Waals surface area contributed by atoms with Gasteiger partial charge in [0.25, 0.3) is 0 Å². The fourth-order valence-electron chi connectivity index (χ4n) is 1.89. The molecule has 0 amide bonds. The number of likely N-dealkylation sites (tertiary alicyclic amines) is 1. The van der Waals surface area contributed by atoms with Crippen LogP contribution in [0.2, 0.25) is 0 Å². The molecule has 0 saturated carbocycles. The Balaban J connectivity index is 2.26. The molecule has 1 saturated heterocycles. The van der Waals surface area contributed by atoms with Crippen LogP contribution in [0.3, 0.4) is 0 Å². The molecular formula is C13H21N3. The summed E-state index contributed by atoms with van der Waals surface area (Å²) in [6.45, 7) is 10.9. The summed E-state index contributed by atoms with van der Waals surface area (Å²) in [6.07, 6.45) is 5.55. The van der Waals surface area contributed by atoms with Crippen molar-refractivity contribution >= 4 is 12.2 Å². The zero-order valence-electron chi connectivity index (χ0n) is 10.7. The second kappa shape index (κ2) is 4.04. The minimum Gasteiger partial charge on any atom is -0.341 e. The molecular weight excluding hydrogens is 198 g/mol. The molecule has 0 radical (unpaired) electrons. The lowest BCUT2D eigenvalue weighted by Gasteiger charge is -2.31. The Morgan fingerprint density at radius 3 is 2.56 bits per heavy atom. The third-order valence-corrected chi connectivity index (χ3v) is 3.64. The van der Waals surface area contributed by atoms with E-state index in [4.69, 9.17) is 0 Å². The molecule has 3 heteroatoms. The van der Waals surface area contributed by atoms with Crippen molar-refractivity contribution in [3.05, 3.63) is 11.8 Å². The van der Waals surface area contributed by atoms with E-state index in [0.29, 0.717) is 5.92 Å². The van der Waals surface area contributed by atoms with E-state index in [1.807, 2.05) is 0 Å². The molecule has 1 fully saturated rings. The van der Waals surface area contributed by atoms with Gasteiger partial charge in [-0.1, -0.05) is 26.8 Å². The maximum absolute atomic E-state index is 4.58. The zero-order valence-corrected chi connectivity index (χ0v) is 10.7. The van der Waals surface area contributed by atoms with Crippen molar-refractivity contribution in [1.82, 2.24) is 4.90 Å². The van der Waals surface area contributed by atoms with E-state index in [2.05, 4.69) is 54.9 Å². The third-order valence-electron chi connectivity index (χ3n) is 3.64. The molecule has 0 aromatic carbocycles. The smallest absolute Gasteiger partial charge is 0.225 e. The highest BCUT2D eigenvalue weighted by Crippen LogP contribution is 2.30. The summed E-state index contributed by atoms with van der Waals surface area (Å²) < 4.78 is 0. The molecule has 0 aromatic rings. The van der Waals surface area contributed by atoms with Crippen LogP contribution < -0.4 is 0 Å². The molecule has 2 aliphatic heterocycles. The number of nitrogens with zero attached hydrogens (tertiary/aromatic N) is 3. The van der Waals surface area contributed by atoms with Crippen molar-refractivity contribution in [2.75, 3.05) is 13.1 Å². The minimum absolute atomic E-state index is 0.0280. The molecule has 2 rings (SSSR count). The molecule has 0 spiro atoms. The number of guanidine groups is 1. The first kappa shape index (κ1) is 11.4. The number of aliphatic imine (C=N–C) groups is 2. The molecule has 0 aliphatic carbocycles. The Bertz CT molecular complexity index is 361. The average Bonchev–Trinajstić information content (AvgIpc) is 2.23. The van der Waals surface area contributed by atoms with Crippen LogP contribution in [-0.4, -0.2) is 30.2 Å². The van der Waals surface area contributed by atoms with Gasteiger partial charge in [-0.2, -0.15) is 0 Å². The summed E-state index contributed by atoms with van der Waals surface area (Å²) in [4.78, 5) is 11.4. The van der Waals surface area contributed by atoms with Crippen LogP contribution >= 0.6 is 0 Å². The first-order valence-corrected chi connectivity index (χ1v) is 6.09. The molecule has 3 nitrogen and oxygen atoms in total. The van der Waals surface area contributed by atoms with Crippen LogP contribution in [0.4, 0.5) is 0 Å². The van der Waals surface area contributed by atoms with Crippen molar-refractivity contribution in [2.45, 2.75) is 34.1 Å².